The molecule has 0 bridgehead atoms. The van der Waals surface area contributed by atoms with E-state index in [4.69, 9.17) is 14.2 Å². The SMILES string of the molecule is CC.CCOC(=O)Nc1ccc(NCc2ccc(F)cc2)cc1NC(=O)C(CCCCNC(=O)OC(C)(C)C)NC(=O)OC(C)(C)C. The van der Waals surface area contributed by atoms with E-state index in [9.17, 15) is 23.6 Å². The van der Waals surface area contributed by atoms with Gasteiger partial charge in [0.1, 0.15) is 23.1 Å². The van der Waals surface area contributed by atoms with E-state index in [1.165, 1.54) is 12.1 Å². The molecule has 0 radical (unpaired) electrons. The lowest BCUT2D eigenvalue weighted by Crippen LogP contribution is -2.46. The minimum Gasteiger partial charge on any atom is -0.450 e. The lowest BCUT2D eigenvalue weighted by Gasteiger charge is -2.24. The molecule has 0 saturated carbocycles. The Kier molecular flexibility index (Phi) is 17.1. The first kappa shape index (κ1) is 40.5. The molecular weight excluding hydrogens is 609 g/mol. The fourth-order valence-corrected chi connectivity index (χ4v) is 3.87. The van der Waals surface area contributed by atoms with Crippen LogP contribution in [0.1, 0.15) is 87.1 Å². The maximum Gasteiger partial charge on any atom is 0.411 e. The Morgan fingerprint density at radius 2 is 1.40 bits per heavy atom. The molecule has 2 aromatic carbocycles. The summed E-state index contributed by atoms with van der Waals surface area (Å²) in [5, 5.41) is 13.9. The zero-order chi connectivity index (χ0) is 35.6. The van der Waals surface area contributed by atoms with Crippen LogP contribution in [0.5, 0.6) is 0 Å². The zero-order valence-corrected chi connectivity index (χ0v) is 29.1. The monoisotopic (exact) mass is 661 g/mol. The van der Waals surface area contributed by atoms with Crippen LogP contribution in [-0.4, -0.2) is 54.6 Å². The minimum atomic E-state index is -1.01. The zero-order valence-electron chi connectivity index (χ0n) is 29.1. The number of amides is 4. The molecule has 47 heavy (non-hydrogen) atoms. The normalized spacial score (nSPS) is 11.5. The third-order valence-electron chi connectivity index (χ3n) is 5.79. The maximum absolute atomic E-state index is 13.6. The molecule has 4 amide bonds. The first-order valence-electron chi connectivity index (χ1n) is 15.9. The Balaban J connectivity index is 0.00000541. The van der Waals surface area contributed by atoms with E-state index in [2.05, 4.69) is 26.6 Å². The van der Waals surface area contributed by atoms with Crippen molar-refractivity contribution in [2.24, 2.45) is 0 Å². The molecule has 5 N–H and O–H groups in total. The van der Waals surface area contributed by atoms with Crippen molar-refractivity contribution in [1.82, 2.24) is 10.6 Å². The molecule has 0 aliphatic carbocycles. The van der Waals surface area contributed by atoms with Gasteiger partial charge in [-0.1, -0.05) is 26.0 Å². The van der Waals surface area contributed by atoms with Crippen LogP contribution in [0.25, 0.3) is 0 Å². The number of anilines is 3. The van der Waals surface area contributed by atoms with E-state index in [1.807, 2.05) is 13.8 Å². The summed E-state index contributed by atoms with van der Waals surface area (Å²) in [6.45, 7) is 16.9. The summed E-state index contributed by atoms with van der Waals surface area (Å²) in [4.78, 5) is 50.3. The van der Waals surface area contributed by atoms with Crippen molar-refractivity contribution < 1.29 is 37.8 Å². The molecule has 13 heteroatoms. The van der Waals surface area contributed by atoms with Crippen molar-refractivity contribution in [1.29, 1.82) is 0 Å². The first-order valence-corrected chi connectivity index (χ1v) is 15.9. The summed E-state index contributed by atoms with van der Waals surface area (Å²) in [6, 6.07) is 9.94. The molecule has 0 aliphatic rings. The molecule has 0 saturated heterocycles. The summed E-state index contributed by atoms with van der Waals surface area (Å²) in [7, 11) is 0. The Bertz CT molecular complexity index is 1290. The number of carbonyl (C=O) groups is 4. The lowest BCUT2D eigenvalue weighted by molar-refractivity contribution is -0.118. The summed E-state index contributed by atoms with van der Waals surface area (Å²) in [5.41, 5.74) is 0.544. The van der Waals surface area contributed by atoms with E-state index < -0.39 is 41.4 Å². The first-order chi connectivity index (χ1) is 22.0. The predicted molar refractivity (Wildman–Crippen MR) is 182 cm³/mol. The number of ether oxygens (including phenoxy) is 3. The van der Waals surface area contributed by atoms with Crippen LogP contribution < -0.4 is 26.6 Å². The van der Waals surface area contributed by atoms with Crippen molar-refractivity contribution in [2.75, 3.05) is 29.1 Å². The summed E-state index contributed by atoms with van der Waals surface area (Å²) < 4.78 is 28.9. The molecule has 2 aromatic rings. The largest absolute Gasteiger partial charge is 0.450 e. The highest BCUT2D eigenvalue weighted by Gasteiger charge is 2.25. The highest BCUT2D eigenvalue weighted by atomic mass is 19.1. The van der Waals surface area contributed by atoms with Crippen LogP contribution >= 0.6 is 0 Å². The molecular formula is C34H52FN5O7. The van der Waals surface area contributed by atoms with Gasteiger partial charge in [0.25, 0.3) is 0 Å². The van der Waals surface area contributed by atoms with Crippen molar-refractivity contribution in [3.63, 3.8) is 0 Å². The van der Waals surface area contributed by atoms with E-state index in [0.29, 0.717) is 31.6 Å². The van der Waals surface area contributed by atoms with Crippen molar-refractivity contribution in [3.05, 3.63) is 53.8 Å². The Morgan fingerprint density at radius 3 is 2.00 bits per heavy atom. The summed E-state index contributed by atoms with van der Waals surface area (Å²) in [5.74, 6) is -0.893. The Labute approximate surface area is 277 Å². The number of unbranched alkanes of at least 4 members (excludes halogenated alkanes) is 1. The molecule has 2 rings (SSSR count). The second-order valence-electron chi connectivity index (χ2n) is 12.2. The van der Waals surface area contributed by atoms with Crippen molar-refractivity contribution in [3.8, 4) is 0 Å². The second-order valence-corrected chi connectivity index (χ2v) is 12.2. The number of hydrogen-bond acceptors (Lipinski definition) is 8. The van der Waals surface area contributed by atoms with Gasteiger partial charge in [-0.3, -0.25) is 10.1 Å². The number of halogens is 1. The summed E-state index contributed by atoms with van der Waals surface area (Å²) in [6.07, 6.45) is -0.813. The molecule has 0 fully saturated rings. The number of hydrogen-bond donors (Lipinski definition) is 5. The molecule has 262 valence electrons. The van der Waals surface area contributed by atoms with Gasteiger partial charge in [0.05, 0.1) is 18.0 Å². The van der Waals surface area contributed by atoms with Gasteiger partial charge in [0, 0.05) is 18.8 Å². The highest BCUT2D eigenvalue weighted by molar-refractivity contribution is 6.01. The fourth-order valence-electron chi connectivity index (χ4n) is 3.87. The number of nitrogens with one attached hydrogen (secondary N) is 5. The predicted octanol–water partition coefficient (Wildman–Crippen LogP) is 7.56. The van der Waals surface area contributed by atoms with Gasteiger partial charge in [0.15, 0.2) is 0 Å². The van der Waals surface area contributed by atoms with E-state index in [1.54, 1.807) is 78.8 Å². The van der Waals surface area contributed by atoms with E-state index >= 15 is 0 Å². The molecule has 12 nitrogen and oxygen atoms in total. The number of benzene rings is 2. The quantitative estimate of drug-likeness (QED) is 0.109. The van der Waals surface area contributed by atoms with Crippen molar-refractivity contribution in [2.45, 2.75) is 105 Å². The lowest BCUT2D eigenvalue weighted by atomic mass is 10.1. The second kappa shape index (κ2) is 19.9. The molecule has 0 spiro atoms. The van der Waals surface area contributed by atoms with Crippen LogP contribution in [-0.2, 0) is 25.5 Å². The fraction of sp³-hybridized carbons (Fsp3) is 0.529. The van der Waals surface area contributed by atoms with Crippen LogP contribution in [0.3, 0.4) is 0 Å². The van der Waals surface area contributed by atoms with Crippen LogP contribution in [0.2, 0.25) is 0 Å². The highest BCUT2D eigenvalue weighted by Crippen LogP contribution is 2.27. The van der Waals surface area contributed by atoms with E-state index in [0.717, 1.165) is 5.56 Å². The van der Waals surface area contributed by atoms with Crippen LogP contribution in [0, 0.1) is 5.82 Å². The molecule has 1 unspecified atom stereocenters. The van der Waals surface area contributed by atoms with Gasteiger partial charge < -0.3 is 35.5 Å². The standard InChI is InChI=1S/C32H46FN5O7.C2H6/c1-8-43-29(41)37-24-17-16-23(35-20-21-12-14-22(33)15-13-21)19-26(24)36-27(39)25(38-30(42)45-32(5,6)7)11-9-10-18-34-28(40)44-31(2,3)4;1-2/h12-17,19,25,35H,8-11,18,20H2,1-7H3,(H,34,40)(H,36,39)(H,37,41)(H,38,42);1-2H3. The minimum absolute atomic E-state index is 0.148. The number of rotatable bonds is 13. The smallest absolute Gasteiger partial charge is 0.411 e. The van der Waals surface area contributed by atoms with Gasteiger partial charge in [-0.2, -0.15) is 0 Å². The van der Waals surface area contributed by atoms with Gasteiger partial charge in [0.2, 0.25) is 5.91 Å². The third kappa shape index (κ3) is 17.7. The Morgan fingerprint density at radius 1 is 0.787 bits per heavy atom. The topological polar surface area (TPSA) is 156 Å². The van der Waals surface area contributed by atoms with Crippen LogP contribution in [0.4, 0.5) is 35.8 Å². The molecule has 1 atom stereocenters. The van der Waals surface area contributed by atoms with Gasteiger partial charge in [-0.05, 0) is 104 Å². The third-order valence-corrected chi connectivity index (χ3v) is 5.79. The summed E-state index contributed by atoms with van der Waals surface area (Å²) >= 11 is 0. The number of carbonyl (C=O) groups excluding carboxylic acids is 4. The van der Waals surface area contributed by atoms with E-state index in [-0.39, 0.29) is 30.2 Å². The average Bonchev–Trinajstić information content (AvgIpc) is 2.96. The molecule has 0 aromatic heterocycles. The molecule has 0 heterocycles. The van der Waals surface area contributed by atoms with Gasteiger partial charge >= 0.3 is 18.3 Å². The maximum atomic E-state index is 13.6. The van der Waals surface area contributed by atoms with Crippen molar-refractivity contribution >= 4 is 41.2 Å². The Hall–Kier alpha value is -4.55. The van der Waals surface area contributed by atoms with Gasteiger partial charge in [-0.15, -0.1) is 0 Å². The average molecular weight is 662 g/mol. The van der Waals surface area contributed by atoms with Crippen LogP contribution in [0.15, 0.2) is 42.5 Å². The van der Waals surface area contributed by atoms with Gasteiger partial charge in [-0.25, -0.2) is 18.8 Å². The number of alkyl carbamates (subject to hydrolysis) is 2. The molecule has 0 aliphatic heterocycles.